The smallest absolute Gasteiger partial charge is 0.411 e. The Kier molecular flexibility index (Phi) is 8.00. The van der Waals surface area contributed by atoms with Crippen LogP contribution in [0.5, 0.6) is 0 Å². The van der Waals surface area contributed by atoms with Gasteiger partial charge in [0.1, 0.15) is 5.60 Å². The zero-order valence-corrected chi connectivity index (χ0v) is 24.8. The highest BCUT2D eigenvalue weighted by atomic mass is 28.4. The number of hydrogen-bond donors (Lipinski definition) is 0. The maximum Gasteiger partial charge on any atom is 0.411 e. The van der Waals surface area contributed by atoms with Gasteiger partial charge in [-0.05, 0) is 54.2 Å². The van der Waals surface area contributed by atoms with Gasteiger partial charge in [0.15, 0.2) is 0 Å². The maximum absolute atomic E-state index is 13.4. The van der Waals surface area contributed by atoms with E-state index in [-0.39, 0.29) is 17.2 Å². The highest BCUT2D eigenvalue weighted by Crippen LogP contribution is 2.37. The summed E-state index contributed by atoms with van der Waals surface area (Å²) in [5.41, 5.74) is 2.87. The van der Waals surface area contributed by atoms with Crippen molar-refractivity contribution < 1.29 is 14.0 Å². The van der Waals surface area contributed by atoms with Crippen molar-refractivity contribution >= 4 is 30.4 Å². The molecular formula is C33H41NO3Si. The first-order valence-corrected chi connectivity index (χ1v) is 15.3. The van der Waals surface area contributed by atoms with Gasteiger partial charge in [0.2, 0.25) is 0 Å². The molecule has 0 spiro atoms. The van der Waals surface area contributed by atoms with Crippen LogP contribution >= 0.6 is 0 Å². The highest BCUT2D eigenvalue weighted by molar-refractivity contribution is 6.99. The first kappa shape index (κ1) is 27.9. The fraction of sp³-hybridized carbons (Fsp3) is 0.364. The lowest BCUT2D eigenvalue weighted by Gasteiger charge is -2.44. The molecule has 0 fully saturated rings. The molecule has 3 aromatic rings. The molecule has 0 bridgehead atoms. The van der Waals surface area contributed by atoms with E-state index in [0.717, 1.165) is 11.1 Å². The average molecular weight is 528 g/mol. The highest BCUT2D eigenvalue weighted by Gasteiger charge is 2.51. The standard InChI is InChI=1S/C33H41NO3Si/c1-25-15-14-16-26(21-25)27-22-28(34(23-27)31(35)37-32(2,3)4)24-36-38(33(5,6)7,29-17-10-8-11-18-29)30-19-12-9-13-20-30/h8-22,28H,23-24H2,1-7H3. The first-order chi connectivity index (χ1) is 17.9. The van der Waals surface area contributed by atoms with Gasteiger partial charge >= 0.3 is 6.09 Å². The van der Waals surface area contributed by atoms with E-state index in [9.17, 15) is 4.79 Å². The van der Waals surface area contributed by atoms with Gasteiger partial charge in [-0.2, -0.15) is 0 Å². The molecule has 5 heteroatoms. The van der Waals surface area contributed by atoms with Crippen molar-refractivity contribution in [1.82, 2.24) is 4.90 Å². The van der Waals surface area contributed by atoms with Crippen LogP contribution < -0.4 is 10.4 Å². The van der Waals surface area contributed by atoms with E-state index in [1.165, 1.54) is 15.9 Å². The fourth-order valence-corrected chi connectivity index (χ4v) is 9.91. The molecule has 1 aliphatic rings. The third-order valence-electron chi connectivity index (χ3n) is 7.04. The third-order valence-corrected chi connectivity index (χ3v) is 12.0. The van der Waals surface area contributed by atoms with Crippen molar-refractivity contribution in [2.75, 3.05) is 13.2 Å². The van der Waals surface area contributed by atoms with Crippen LogP contribution in [0.3, 0.4) is 0 Å². The molecule has 0 saturated heterocycles. The van der Waals surface area contributed by atoms with Crippen molar-refractivity contribution in [3.8, 4) is 0 Å². The molecule has 0 radical (unpaired) electrons. The predicted octanol–water partition coefficient (Wildman–Crippen LogP) is 6.57. The van der Waals surface area contributed by atoms with Gasteiger partial charge in [-0.3, -0.25) is 4.90 Å². The Hall–Kier alpha value is -3.15. The Balaban J connectivity index is 1.75. The van der Waals surface area contributed by atoms with Crippen LogP contribution in [0, 0.1) is 6.92 Å². The van der Waals surface area contributed by atoms with Crippen LogP contribution in [0.1, 0.15) is 52.7 Å². The SMILES string of the molecule is Cc1cccc(C2=CC(CO[Si](c3ccccc3)(c3ccccc3)C(C)(C)C)N(C(=O)OC(C)(C)C)C2)c1. The number of amides is 1. The summed E-state index contributed by atoms with van der Waals surface area (Å²) in [5.74, 6) is 0. The molecule has 0 saturated carbocycles. The minimum atomic E-state index is -2.75. The van der Waals surface area contributed by atoms with Crippen LogP contribution in [0.2, 0.25) is 5.04 Å². The second-order valence-corrected chi connectivity index (χ2v) is 16.5. The topological polar surface area (TPSA) is 38.8 Å². The Morgan fingerprint density at radius 1 is 0.868 bits per heavy atom. The van der Waals surface area contributed by atoms with Crippen molar-refractivity contribution in [3.05, 3.63) is 102 Å². The summed E-state index contributed by atoms with van der Waals surface area (Å²) in [4.78, 5) is 15.2. The number of carbonyl (C=O) groups excluding carboxylic acids is 1. The number of hydrogen-bond acceptors (Lipinski definition) is 3. The molecule has 4 rings (SSSR count). The van der Waals surface area contributed by atoms with Gasteiger partial charge in [0, 0.05) is 0 Å². The van der Waals surface area contributed by atoms with Crippen molar-refractivity contribution in [1.29, 1.82) is 0 Å². The predicted molar refractivity (Wildman–Crippen MR) is 159 cm³/mol. The lowest BCUT2D eigenvalue weighted by atomic mass is 10.0. The summed E-state index contributed by atoms with van der Waals surface area (Å²) in [5, 5.41) is 2.31. The molecule has 38 heavy (non-hydrogen) atoms. The van der Waals surface area contributed by atoms with Gasteiger partial charge < -0.3 is 9.16 Å². The van der Waals surface area contributed by atoms with Gasteiger partial charge in [0.25, 0.3) is 8.32 Å². The number of rotatable bonds is 6. The molecular weight excluding hydrogens is 486 g/mol. The lowest BCUT2D eigenvalue weighted by molar-refractivity contribution is 0.0207. The Morgan fingerprint density at radius 3 is 1.95 bits per heavy atom. The molecule has 4 nitrogen and oxygen atoms in total. The molecule has 0 aromatic heterocycles. The van der Waals surface area contributed by atoms with E-state index in [4.69, 9.17) is 9.16 Å². The number of nitrogens with zero attached hydrogens (tertiary/aromatic N) is 1. The van der Waals surface area contributed by atoms with Crippen LogP contribution in [-0.2, 0) is 9.16 Å². The van der Waals surface area contributed by atoms with E-state index in [1.54, 1.807) is 0 Å². The lowest BCUT2D eigenvalue weighted by Crippen LogP contribution is -2.67. The zero-order valence-electron chi connectivity index (χ0n) is 23.8. The molecule has 1 atom stereocenters. The average Bonchev–Trinajstić information content (AvgIpc) is 3.29. The Morgan fingerprint density at radius 2 is 1.45 bits per heavy atom. The summed E-state index contributed by atoms with van der Waals surface area (Å²) in [6, 6.07) is 29.4. The molecule has 0 N–H and O–H groups in total. The summed E-state index contributed by atoms with van der Waals surface area (Å²) >= 11 is 0. The fourth-order valence-electron chi connectivity index (χ4n) is 5.34. The molecule has 1 unspecified atom stereocenters. The molecule has 3 aromatic carbocycles. The second-order valence-electron chi connectivity index (χ2n) is 12.2. The normalized spacial score (nSPS) is 16.3. The molecule has 1 heterocycles. The van der Waals surface area contributed by atoms with E-state index >= 15 is 0 Å². The van der Waals surface area contributed by atoms with Crippen molar-refractivity contribution in [2.45, 2.75) is 65.1 Å². The van der Waals surface area contributed by atoms with Gasteiger partial charge in [-0.25, -0.2) is 4.79 Å². The molecule has 1 amide bonds. The minimum absolute atomic E-state index is 0.145. The Bertz CT molecular complexity index is 1230. The quantitative estimate of drug-likeness (QED) is 0.340. The van der Waals surface area contributed by atoms with E-state index in [2.05, 4.69) is 107 Å². The monoisotopic (exact) mass is 527 g/mol. The van der Waals surface area contributed by atoms with E-state index < -0.39 is 13.9 Å². The molecule has 0 aliphatic carbocycles. The van der Waals surface area contributed by atoms with Gasteiger partial charge in [-0.1, -0.05) is 117 Å². The number of aryl methyl sites for hydroxylation is 1. The van der Waals surface area contributed by atoms with Crippen LogP contribution in [0.25, 0.3) is 5.57 Å². The largest absolute Gasteiger partial charge is 0.444 e. The Labute approximate surface area is 229 Å². The zero-order chi connectivity index (χ0) is 27.6. The maximum atomic E-state index is 13.4. The summed E-state index contributed by atoms with van der Waals surface area (Å²) < 4.78 is 13.1. The second kappa shape index (κ2) is 10.9. The van der Waals surface area contributed by atoms with E-state index in [1.807, 2.05) is 37.8 Å². The van der Waals surface area contributed by atoms with Crippen molar-refractivity contribution in [2.24, 2.45) is 0 Å². The van der Waals surface area contributed by atoms with E-state index in [0.29, 0.717) is 13.2 Å². The number of carbonyl (C=O) groups is 1. The van der Waals surface area contributed by atoms with Crippen molar-refractivity contribution in [3.63, 3.8) is 0 Å². The number of benzene rings is 3. The first-order valence-electron chi connectivity index (χ1n) is 13.4. The minimum Gasteiger partial charge on any atom is -0.444 e. The number of ether oxygens (including phenoxy) is 1. The van der Waals surface area contributed by atoms with Gasteiger partial charge in [-0.15, -0.1) is 0 Å². The van der Waals surface area contributed by atoms with Crippen LogP contribution in [0.15, 0.2) is 91.0 Å². The molecule has 200 valence electrons. The summed E-state index contributed by atoms with van der Waals surface area (Å²) in [7, 11) is -2.75. The summed E-state index contributed by atoms with van der Waals surface area (Å²) in [6.07, 6.45) is 1.88. The van der Waals surface area contributed by atoms with Crippen LogP contribution in [-0.4, -0.2) is 44.1 Å². The summed E-state index contributed by atoms with van der Waals surface area (Å²) in [6.45, 7) is 15.5. The molecule has 1 aliphatic heterocycles. The van der Waals surface area contributed by atoms with Gasteiger partial charge in [0.05, 0.1) is 19.2 Å². The third kappa shape index (κ3) is 5.95. The van der Waals surface area contributed by atoms with Crippen LogP contribution in [0.4, 0.5) is 4.79 Å².